The molecule has 2 heteroatoms. The second-order valence-electron chi connectivity index (χ2n) is 1.72. The third-order valence-corrected chi connectivity index (χ3v) is 0.926. The SMILES string of the molecule is Cc1[c-]c(O)ccc1.[Zn]. The normalized spacial score (nSPS) is 8.11. The van der Waals surface area contributed by atoms with Crippen molar-refractivity contribution < 1.29 is 24.6 Å². The van der Waals surface area contributed by atoms with Crippen LogP contribution in [0.5, 0.6) is 5.75 Å². The average molecular weight is 173 g/mol. The Balaban J connectivity index is 0.000000640. The van der Waals surface area contributed by atoms with Crippen molar-refractivity contribution in [1.29, 1.82) is 0 Å². The van der Waals surface area contributed by atoms with E-state index in [0.717, 1.165) is 5.56 Å². The number of aryl methyl sites for hydroxylation is 1. The molecule has 0 aliphatic rings. The fraction of sp³-hybridized carbons (Fsp3) is 0.143. The summed E-state index contributed by atoms with van der Waals surface area (Å²) in [5.41, 5.74) is 0.963. The van der Waals surface area contributed by atoms with Crippen LogP contribution in [0.15, 0.2) is 18.2 Å². The molecular weight excluding hydrogens is 165 g/mol. The van der Waals surface area contributed by atoms with Gasteiger partial charge in [-0.2, -0.15) is 17.7 Å². The van der Waals surface area contributed by atoms with Gasteiger partial charge >= 0.3 is 0 Å². The first-order valence-corrected chi connectivity index (χ1v) is 2.47. The molecule has 1 nitrogen and oxygen atoms in total. The molecule has 0 unspecified atom stereocenters. The zero-order chi connectivity index (χ0) is 5.98. The van der Waals surface area contributed by atoms with Gasteiger partial charge in [0.2, 0.25) is 0 Å². The molecule has 1 aromatic carbocycles. The summed E-state index contributed by atoms with van der Waals surface area (Å²) in [7, 11) is 0. The zero-order valence-corrected chi connectivity index (χ0v) is 8.35. The third kappa shape index (κ3) is 2.62. The number of hydrogen-bond donors (Lipinski definition) is 1. The van der Waals surface area contributed by atoms with Gasteiger partial charge in [0, 0.05) is 25.2 Å². The van der Waals surface area contributed by atoms with Crippen molar-refractivity contribution in [1.82, 2.24) is 0 Å². The first kappa shape index (κ1) is 8.64. The standard InChI is InChI=1S/C7H7O.Zn/c1-6-3-2-4-7(8)5-6;/h2-4,8H,1H3;/q-1;. The minimum atomic E-state index is 0. The van der Waals surface area contributed by atoms with Crippen LogP contribution in [-0.4, -0.2) is 5.11 Å². The van der Waals surface area contributed by atoms with Crippen LogP contribution in [0.25, 0.3) is 0 Å². The predicted molar refractivity (Wildman–Crippen MR) is 31.7 cm³/mol. The molecule has 1 aromatic rings. The van der Waals surface area contributed by atoms with Crippen molar-refractivity contribution in [3.8, 4) is 5.75 Å². The Morgan fingerprint density at radius 2 is 2.11 bits per heavy atom. The molecule has 0 radical (unpaired) electrons. The minimum Gasteiger partial charge on any atom is -0.534 e. The molecule has 0 bridgehead atoms. The summed E-state index contributed by atoms with van der Waals surface area (Å²) < 4.78 is 0. The molecule has 0 atom stereocenters. The van der Waals surface area contributed by atoms with Gasteiger partial charge in [-0.25, -0.2) is 0 Å². The van der Waals surface area contributed by atoms with Crippen LogP contribution in [0.3, 0.4) is 0 Å². The fourth-order valence-corrected chi connectivity index (χ4v) is 0.569. The van der Waals surface area contributed by atoms with E-state index in [0.29, 0.717) is 0 Å². The topological polar surface area (TPSA) is 20.2 Å². The summed E-state index contributed by atoms with van der Waals surface area (Å²) in [6.45, 7) is 1.89. The van der Waals surface area contributed by atoms with Crippen molar-refractivity contribution in [2.24, 2.45) is 0 Å². The minimum absolute atomic E-state index is 0. The summed E-state index contributed by atoms with van der Waals surface area (Å²) in [5.74, 6) is 0.213. The number of phenolic OH excluding ortho intramolecular Hbond substituents is 1. The van der Waals surface area contributed by atoms with Crippen molar-refractivity contribution in [2.75, 3.05) is 0 Å². The third-order valence-electron chi connectivity index (χ3n) is 0.926. The van der Waals surface area contributed by atoms with Gasteiger partial charge in [0.1, 0.15) is 0 Å². The maximum absolute atomic E-state index is 8.76. The number of hydrogen-bond acceptors (Lipinski definition) is 1. The van der Waals surface area contributed by atoms with Crippen molar-refractivity contribution in [3.05, 3.63) is 29.8 Å². The average Bonchev–Trinajstić information content (AvgIpc) is 1.64. The van der Waals surface area contributed by atoms with E-state index in [1.54, 1.807) is 12.1 Å². The molecule has 0 saturated heterocycles. The van der Waals surface area contributed by atoms with Crippen LogP contribution in [0.1, 0.15) is 5.56 Å². The van der Waals surface area contributed by atoms with E-state index < -0.39 is 0 Å². The summed E-state index contributed by atoms with van der Waals surface area (Å²) >= 11 is 0. The van der Waals surface area contributed by atoms with Gasteiger partial charge < -0.3 is 5.11 Å². The van der Waals surface area contributed by atoms with Crippen molar-refractivity contribution in [2.45, 2.75) is 6.92 Å². The Labute approximate surface area is 67.5 Å². The Kier molecular flexibility index (Phi) is 3.48. The second-order valence-corrected chi connectivity index (χ2v) is 1.72. The molecule has 1 N–H and O–H groups in total. The Morgan fingerprint density at radius 3 is 2.44 bits per heavy atom. The number of benzene rings is 1. The molecule has 0 aliphatic heterocycles. The smallest absolute Gasteiger partial charge is 0.00422 e. The summed E-state index contributed by atoms with van der Waals surface area (Å²) in [5, 5.41) is 8.76. The monoisotopic (exact) mass is 171 g/mol. The largest absolute Gasteiger partial charge is 0.534 e. The van der Waals surface area contributed by atoms with Crippen LogP contribution in [0.2, 0.25) is 0 Å². The van der Waals surface area contributed by atoms with E-state index in [4.69, 9.17) is 5.11 Å². The number of rotatable bonds is 0. The van der Waals surface area contributed by atoms with Gasteiger partial charge in [0.15, 0.2) is 0 Å². The fourth-order valence-electron chi connectivity index (χ4n) is 0.569. The second kappa shape index (κ2) is 3.63. The maximum Gasteiger partial charge on any atom is 0.00422 e. The maximum atomic E-state index is 8.76. The van der Waals surface area contributed by atoms with Crippen LogP contribution in [0, 0.1) is 13.0 Å². The molecular formula is C7H7OZn-. The predicted octanol–water partition coefficient (Wildman–Crippen LogP) is 1.50. The van der Waals surface area contributed by atoms with E-state index in [1.807, 2.05) is 13.0 Å². The molecule has 44 valence electrons. The molecule has 1 rings (SSSR count). The van der Waals surface area contributed by atoms with E-state index in [1.165, 1.54) is 0 Å². The van der Waals surface area contributed by atoms with Crippen LogP contribution in [-0.2, 0) is 19.5 Å². The molecule has 0 saturated carbocycles. The molecule has 0 fully saturated rings. The Bertz CT molecular complexity index is 169. The van der Waals surface area contributed by atoms with Gasteiger partial charge in [0.05, 0.1) is 0 Å². The van der Waals surface area contributed by atoms with Gasteiger partial charge in [-0.3, -0.25) is 0 Å². The van der Waals surface area contributed by atoms with Gasteiger partial charge in [-0.1, -0.05) is 6.92 Å². The van der Waals surface area contributed by atoms with Crippen molar-refractivity contribution >= 4 is 0 Å². The molecule has 0 heterocycles. The van der Waals surface area contributed by atoms with E-state index in [9.17, 15) is 0 Å². The van der Waals surface area contributed by atoms with Crippen LogP contribution >= 0.6 is 0 Å². The van der Waals surface area contributed by atoms with Gasteiger partial charge in [0.25, 0.3) is 0 Å². The Morgan fingerprint density at radius 1 is 1.44 bits per heavy atom. The molecule has 0 spiro atoms. The van der Waals surface area contributed by atoms with Crippen molar-refractivity contribution in [3.63, 3.8) is 0 Å². The summed E-state index contributed by atoms with van der Waals surface area (Å²) in [6.07, 6.45) is 0. The van der Waals surface area contributed by atoms with E-state index in [2.05, 4.69) is 6.07 Å². The van der Waals surface area contributed by atoms with Crippen LogP contribution in [0.4, 0.5) is 0 Å². The molecule has 0 aromatic heterocycles. The summed E-state index contributed by atoms with van der Waals surface area (Å²) in [6, 6.07) is 8.01. The van der Waals surface area contributed by atoms with Gasteiger partial charge in [-0.05, 0) is 0 Å². The summed E-state index contributed by atoms with van der Waals surface area (Å²) in [4.78, 5) is 0. The van der Waals surface area contributed by atoms with E-state index in [-0.39, 0.29) is 25.2 Å². The Hall–Kier alpha value is -0.357. The van der Waals surface area contributed by atoms with Crippen LogP contribution < -0.4 is 0 Å². The quantitative estimate of drug-likeness (QED) is 0.465. The zero-order valence-electron chi connectivity index (χ0n) is 5.39. The first-order valence-electron chi connectivity index (χ1n) is 2.47. The first-order chi connectivity index (χ1) is 3.79. The number of phenols is 1. The van der Waals surface area contributed by atoms with Gasteiger partial charge in [-0.15, -0.1) is 12.1 Å². The van der Waals surface area contributed by atoms with E-state index >= 15 is 0 Å². The molecule has 0 aliphatic carbocycles. The number of aromatic hydroxyl groups is 1. The molecule has 9 heavy (non-hydrogen) atoms. The molecule has 0 amide bonds.